The number of hydrogen-bond donors (Lipinski definition) is 1. The topological polar surface area (TPSA) is 64.9 Å². The third kappa shape index (κ3) is 2.36. The standard InChI is InChI=1S/C13H17N3O/c1-8(2)11(14)12-15-13(17-16-12)10-7-5-4-6-9(10)3/h4-8,11H,14H2,1-3H3. The molecule has 0 spiro atoms. The molecule has 2 aromatic rings. The molecule has 0 aliphatic heterocycles. The molecular formula is C13H17N3O. The van der Waals surface area contributed by atoms with Gasteiger partial charge >= 0.3 is 0 Å². The van der Waals surface area contributed by atoms with E-state index in [-0.39, 0.29) is 12.0 Å². The van der Waals surface area contributed by atoms with Crippen LogP contribution in [0.5, 0.6) is 0 Å². The highest BCUT2D eigenvalue weighted by atomic mass is 16.5. The predicted molar refractivity (Wildman–Crippen MR) is 66.2 cm³/mol. The van der Waals surface area contributed by atoms with E-state index in [0.29, 0.717) is 11.7 Å². The van der Waals surface area contributed by atoms with Gasteiger partial charge in [0, 0.05) is 5.56 Å². The van der Waals surface area contributed by atoms with Crippen molar-refractivity contribution in [3.05, 3.63) is 35.7 Å². The monoisotopic (exact) mass is 231 g/mol. The molecule has 1 atom stereocenters. The minimum atomic E-state index is -0.184. The first-order chi connectivity index (χ1) is 8.09. The van der Waals surface area contributed by atoms with Crippen molar-refractivity contribution in [2.24, 2.45) is 11.7 Å². The molecule has 1 heterocycles. The number of nitrogens with zero attached hydrogens (tertiary/aromatic N) is 2. The molecule has 0 fully saturated rings. The highest BCUT2D eigenvalue weighted by Crippen LogP contribution is 2.23. The zero-order valence-corrected chi connectivity index (χ0v) is 10.3. The van der Waals surface area contributed by atoms with E-state index in [1.165, 1.54) is 0 Å². The molecule has 4 nitrogen and oxygen atoms in total. The van der Waals surface area contributed by atoms with Crippen LogP contribution in [0.1, 0.15) is 31.3 Å². The fraction of sp³-hybridized carbons (Fsp3) is 0.385. The Labute approximate surface area is 101 Å². The molecule has 1 aromatic heterocycles. The molecule has 0 bridgehead atoms. The lowest BCUT2D eigenvalue weighted by Gasteiger charge is -2.09. The van der Waals surface area contributed by atoms with Gasteiger partial charge in [-0.1, -0.05) is 37.2 Å². The van der Waals surface area contributed by atoms with Crippen molar-refractivity contribution in [2.75, 3.05) is 0 Å². The minimum Gasteiger partial charge on any atom is -0.334 e. The molecule has 4 heteroatoms. The number of hydrogen-bond acceptors (Lipinski definition) is 4. The first kappa shape index (κ1) is 11.8. The Morgan fingerprint density at radius 3 is 2.59 bits per heavy atom. The first-order valence-electron chi connectivity index (χ1n) is 5.74. The maximum atomic E-state index is 5.98. The summed E-state index contributed by atoms with van der Waals surface area (Å²) >= 11 is 0. The fourth-order valence-electron chi connectivity index (χ4n) is 1.59. The maximum Gasteiger partial charge on any atom is 0.258 e. The number of aromatic nitrogens is 2. The average Bonchev–Trinajstić information content (AvgIpc) is 2.77. The van der Waals surface area contributed by atoms with Gasteiger partial charge in [-0.15, -0.1) is 0 Å². The summed E-state index contributed by atoms with van der Waals surface area (Å²) in [5, 5.41) is 3.94. The molecule has 0 saturated carbocycles. The molecule has 1 aromatic carbocycles. The van der Waals surface area contributed by atoms with E-state index in [4.69, 9.17) is 10.3 Å². The zero-order valence-electron chi connectivity index (χ0n) is 10.3. The Morgan fingerprint density at radius 2 is 1.94 bits per heavy atom. The molecule has 17 heavy (non-hydrogen) atoms. The van der Waals surface area contributed by atoms with Crippen LogP contribution >= 0.6 is 0 Å². The highest BCUT2D eigenvalue weighted by Gasteiger charge is 2.18. The second-order valence-electron chi connectivity index (χ2n) is 4.54. The zero-order chi connectivity index (χ0) is 12.4. The minimum absolute atomic E-state index is 0.184. The SMILES string of the molecule is Cc1ccccc1-c1nc(C(N)C(C)C)no1. The Morgan fingerprint density at radius 1 is 1.24 bits per heavy atom. The van der Waals surface area contributed by atoms with Crippen molar-refractivity contribution < 1.29 is 4.52 Å². The quantitative estimate of drug-likeness (QED) is 0.882. The van der Waals surface area contributed by atoms with Gasteiger partial charge in [0.1, 0.15) is 0 Å². The van der Waals surface area contributed by atoms with Crippen LogP contribution in [-0.4, -0.2) is 10.1 Å². The van der Waals surface area contributed by atoms with E-state index in [1.54, 1.807) is 0 Å². The number of nitrogens with two attached hydrogens (primary N) is 1. The molecule has 0 aliphatic rings. The average molecular weight is 231 g/mol. The lowest BCUT2D eigenvalue weighted by molar-refractivity contribution is 0.400. The van der Waals surface area contributed by atoms with E-state index < -0.39 is 0 Å². The summed E-state index contributed by atoms with van der Waals surface area (Å²) < 4.78 is 5.26. The summed E-state index contributed by atoms with van der Waals surface area (Å²) in [6, 6.07) is 7.73. The molecular weight excluding hydrogens is 214 g/mol. The summed E-state index contributed by atoms with van der Waals surface area (Å²) in [7, 11) is 0. The summed E-state index contributed by atoms with van der Waals surface area (Å²) in [5.74, 6) is 1.39. The van der Waals surface area contributed by atoms with Crippen molar-refractivity contribution >= 4 is 0 Å². The molecule has 0 saturated heterocycles. The van der Waals surface area contributed by atoms with Crippen LogP contribution in [0.4, 0.5) is 0 Å². The first-order valence-corrected chi connectivity index (χ1v) is 5.74. The van der Waals surface area contributed by atoms with Crippen molar-refractivity contribution in [1.82, 2.24) is 10.1 Å². The molecule has 0 amide bonds. The van der Waals surface area contributed by atoms with E-state index in [2.05, 4.69) is 10.1 Å². The normalized spacial score (nSPS) is 13.0. The second kappa shape index (κ2) is 4.67. The summed E-state index contributed by atoms with van der Waals surface area (Å²) in [5.41, 5.74) is 8.05. The van der Waals surface area contributed by atoms with Gasteiger partial charge in [-0.3, -0.25) is 0 Å². The van der Waals surface area contributed by atoms with E-state index in [9.17, 15) is 0 Å². The largest absolute Gasteiger partial charge is 0.334 e. The lowest BCUT2D eigenvalue weighted by atomic mass is 10.1. The van der Waals surface area contributed by atoms with Crippen molar-refractivity contribution in [2.45, 2.75) is 26.8 Å². The van der Waals surface area contributed by atoms with Crippen LogP contribution in [-0.2, 0) is 0 Å². The molecule has 2 rings (SSSR count). The van der Waals surface area contributed by atoms with Crippen LogP contribution < -0.4 is 5.73 Å². The number of benzene rings is 1. The summed E-state index contributed by atoms with van der Waals surface area (Å²) in [6.07, 6.45) is 0. The van der Waals surface area contributed by atoms with Crippen LogP contribution in [0.2, 0.25) is 0 Å². The van der Waals surface area contributed by atoms with Gasteiger partial charge in [0.15, 0.2) is 5.82 Å². The summed E-state index contributed by atoms with van der Waals surface area (Å²) in [6.45, 7) is 6.09. The number of rotatable bonds is 3. The van der Waals surface area contributed by atoms with Gasteiger partial charge in [-0.2, -0.15) is 4.98 Å². The maximum absolute atomic E-state index is 5.98. The third-order valence-corrected chi connectivity index (χ3v) is 2.83. The second-order valence-corrected chi connectivity index (χ2v) is 4.54. The van der Waals surface area contributed by atoms with Crippen molar-refractivity contribution in [3.63, 3.8) is 0 Å². The van der Waals surface area contributed by atoms with E-state index >= 15 is 0 Å². The van der Waals surface area contributed by atoms with E-state index in [0.717, 1.165) is 11.1 Å². The molecule has 0 aliphatic carbocycles. The third-order valence-electron chi connectivity index (χ3n) is 2.83. The van der Waals surface area contributed by atoms with Crippen LogP contribution in [0.25, 0.3) is 11.5 Å². The van der Waals surface area contributed by atoms with Gasteiger partial charge in [0.25, 0.3) is 5.89 Å². The van der Waals surface area contributed by atoms with Gasteiger partial charge in [0.05, 0.1) is 6.04 Å². The van der Waals surface area contributed by atoms with Crippen molar-refractivity contribution in [3.8, 4) is 11.5 Å². The molecule has 0 radical (unpaired) electrons. The molecule has 90 valence electrons. The van der Waals surface area contributed by atoms with Crippen LogP contribution in [0, 0.1) is 12.8 Å². The summed E-state index contributed by atoms with van der Waals surface area (Å²) in [4.78, 5) is 4.36. The Hall–Kier alpha value is -1.68. The Kier molecular flexibility index (Phi) is 3.24. The highest BCUT2D eigenvalue weighted by molar-refractivity contribution is 5.57. The van der Waals surface area contributed by atoms with Gasteiger partial charge in [0.2, 0.25) is 0 Å². The lowest BCUT2D eigenvalue weighted by Crippen LogP contribution is -2.18. The smallest absolute Gasteiger partial charge is 0.258 e. The van der Waals surface area contributed by atoms with E-state index in [1.807, 2.05) is 45.0 Å². The van der Waals surface area contributed by atoms with Gasteiger partial charge in [-0.05, 0) is 24.5 Å². The van der Waals surface area contributed by atoms with Crippen LogP contribution in [0.3, 0.4) is 0 Å². The van der Waals surface area contributed by atoms with Crippen molar-refractivity contribution in [1.29, 1.82) is 0 Å². The van der Waals surface area contributed by atoms with Gasteiger partial charge < -0.3 is 10.3 Å². The molecule has 1 unspecified atom stereocenters. The Balaban J connectivity index is 2.34. The number of aryl methyl sites for hydroxylation is 1. The van der Waals surface area contributed by atoms with Crippen LogP contribution in [0.15, 0.2) is 28.8 Å². The predicted octanol–water partition coefficient (Wildman–Crippen LogP) is 2.70. The Bertz CT molecular complexity index is 505. The van der Waals surface area contributed by atoms with Gasteiger partial charge in [-0.25, -0.2) is 0 Å². The molecule has 2 N–H and O–H groups in total. The fourth-order valence-corrected chi connectivity index (χ4v) is 1.59.